The fraction of sp³-hybridized carbons (Fsp3) is 0.0833. The van der Waals surface area contributed by atoms with Gasteiger partial charge in [0.25, 0.3) is 10.0 Å². The van der Waals surface area contributed by atoms with Gasteiger partial charge >= 0.3 is 0 Å². The maximum Gasteiger partial charge on any atom is 0.261 e. The van der Waals surface area contributed by atoms with E-state index in [9.17, 15) is 21.9 Å². The van der Waals surface area contributed by atoms with Crippen LogP contribution in [-0.2, 0) is 19.9 Å². The van der Waals surface area contributed by atoms with Crippen LogP contribution in [0.5, 0.6) is 5.75 Å². The monoisotopic (exact) mass is 467 g/mol. The second-order valence-corrected chi connectivity index (χ2v) is 11.2. The van der Waals surface area contributed by atoms with Crippen molar-refractivity contribution < 1.29 is 21.9 Å². The molecule has 4 aromatic carbocycles. The minimum Gasteiger partial charge on any atom is -0.506 e. The Labute approximate surface area is 187 Å². The van der Waals surface area contributed by atoms with Gasteiger partial charge in [-0.25, -0.2) is 16.8 Å². The number of rotatable bonds is 5. The number of phenolic OH excluding ortho intramolecular Hbond substituents is 1. The van der Waals surface area contributed by atoms with E-state index in [0.717, 1.165) is 11.1 Å². The lowest BCUT2D eigenvalue weighted by atomic mass is 10.1. The number of anilines is 1. The molecule has 0 bridgehead atoms. The lowest BCUT2D eigenvalue weighted by Crippen LogP contribution is -2.14. The van der Waals surface area contributed by atoms with Crippen molar-refractivity contribution in [2.45, 2.75) is 28.5 Å². The van der Waals surface area contributed by atoms with Crippen LogP contribution in [0.4, 0.5) is 5.69 Å². The van der Waals surface area contributed by atoms with Crippen molar-refractivity contribution in [1.29, 1.82) is 0 Å². The summed E-state index contributed by atoms with van der Waals surface area (Å²) in [5.74, 6) is -0.431. The first kappa shape index (κ1) is 21.9. The molecule has 0 heterocycles. The van der Waals surface area contributed by atoms with E-state index >= 15 is 0 Å². The number of phenols is 1. The zero-order chi connectivity index (χ0) is 23.1. The van der Waals surface area contributed by atoms with Gasteiger partial charge in [0.05, 0.1) is 15.5 Å². The highest BCUT2D eigenvalue weighted by Crippen LogP contribution is 2.40. The summed E-state index contributed by atoms with van der Waals surface area (Å²) < 4.78 is 55.1. The van der Waals surface area contributed by atoms with Crippen LogP contribution in [0.1, 0.15) is 11.1 Å². The molecule has 6 nitrogen and oxygen atoms in total. The zero-order valence-corrected chi connectivity index (χ0v) is 19.0. The molecule has 0 amide bonds. The molecule has 0 aromatic heterocycles. The molecule has 32 heavy (non-hydrogen) atoms. The second-order valence-electron chi connectivity index (χ2n) is 7.55. The van der Waals surface area contributed by atoms with Crippen molar-refractivity contribution in [3.63, 3.8) is 0 Å². The number of nitrogens with one attached hydrogen (secondary N) is 1. The molecule has 164 valence electrons. The molecule has 0 atom stereocenters. The molecule has 2 N–H and O–H groups in total. The maximum atomic E-state index is 13.3. The molecule has 0 aliphatic rings. The largest absolute Gasteiger partial charge is 0.506 e. The summed E-state index contributed by atoms with van der Waals surface area (Å²) in [7, 11) is -8.10. The van der Waals surface area contributed by atoms with Gasteiger partial charge in [0.1, 0.15) is 10.6 Å². The van der Waals surface area contributed by atoms with E-state index in [4.69, 9.17) is 0 Å². The van der Waals surface area contributed by atoms with E-state index in [1.54, 1.807) is 48.5 Å². The van der Waals surface area contributed by atoms with E-state index in [0.29, 0.717) is 5.39 Å². The Morgan fingerprint density at radius 3 is 1.75 bits per heavy atom. The molecular formula is C24H21NO5S2. The highest BCUT2D eigenvalue weighted by Gasteiger charge is 2.26. The standard InChI is InChI=1S/C24H21NO5S2/c1-16-7-11-18(12-8-16)31(27,28)23-15-22(20-5-3-4-6-21(20)24(23)26)25-32(29,30)19-13-9-17(2)10-14-19/h3-15,25-26H,1-2H3. The van der Waals surface area contributed by atoms with Gasteiger partial charge in [-0.1, -0.05) is 59.7 Å². The van der Waals surface area contributed by atoms with Gasteiger partial charge in [-0.05, 0) is 44.2 Å². The van der Waals surface area contributed by atoms with Crippen LogP contribution in [0.2, 0.25) is 0 Å². The summed E-state index contributed by atoms with van der Waals surface area (Å²) in [4.78, 5) is -0.328. The first-order valence-corrected chi connectivity index (χ1v) is 12.7. The van der Waals surface area contributed by atoms with Crippen molar-refractivity contribution in [3.05, 3.63) is 90.0 Å². The summed E-state index contributed by atoms with van der Waals surface area (Å²) in [6.45, 7) is 3.68. The SMILES string of the molecule is Cc1ccc(S(=O)(=O)Nc2cc(S(=O)(=O)c3ccc(C)cc3)c(O)c3ccccc23)cc1. The average molecular weight is 468 g/mol. The van der Waals surface area contributed by atoms with Gasteiger partial charge in [0, 0.05) is 10.8 Å². The molecular weight excluding hydrogens is 446 g/mol. The maximum absolute atomic E-state index is 13.3. The average Bonchev–Trinajstić information content (AvgIpc) is 2.76. The van der Waals surface area contributed by atoms with E-state index < -0.39 is 25.6 Å². The number of benzene rings is 4. The summed E-state index contributed by atoms with van der Waals surface area (Å²) in [6.07, 6.45) is 0. The number of aryl methyl sites for hydroxylation is 2. The Kier molecular flexibility index (Phi) is 5.44. The summed E-state index contributed by atoms with van der Waals surface area (Å²) in [5.41, 5.74) is 1.86. The third-order valence-corrected chi connectivity index (χ3v) is 8.34. The number of hydrogen-bond donors (Lipinski definition) is 2. The highest BCUT2D eigenvalue weighted by molar-refractivity contribution is 7.93. The summed E-state index contributed by atoms with van der Waals surface area (Å²) in [5, 5.41) is 11.4. The van der Waals surface area contributed by atoms with Crippen LogP contribution >= 0.6 is 0 Å². The molecule has 4 aromatic rings. The molecule has 0 unspecified atom stereocenters. The van der Waals surface area contributed by atoms with Gasteiger partial charge in [-0.15, -0.1) is 0 Å². The second kappa shape index (κ2) is 7.96. The molecule has 0 radical (unpaired) electrons. The van der Waals surface area contributed by atoms with Crippen LogP contribution in [0, 0.1) is 13.8 Å². The minimum absolute atomic E-state index is 0.000947. The summed E-state index contributed by atoms with van der Waals surface area (Å²) in [6, 6.07) is 20.2. The van der Waals surface area contributed by atoms with Crippen LogP contribution in [0.15, 0.2) is 93.5 Å². The highest BCUT2D eigenvalue weighted by atomic mass is 32.2. The Bertz CT molecular complexity index is 1520. The third-order valence-electron chi connectivity index (χ3n) is 5.18. The Morgan fingerprint density at radius 1 is 0.688 bits per heavy atom. The van der Waals surface area contributed by atoms with Crippen molar-refractivity contribution >= 4 is 36.3 Å². The Balaban J connectivity index is 1.91. The fourth-order valence-corrected chi connectivity index (χ4v) is 5.85. The van der Waals surface area contributed by atoms with E-state index in [1.807, 2.05) is 13.8 Å². The van der Waals surface area contributed by atoms with E-state index in [2.05, 4.69) is 4.72 Å². The molecule has 0 aliphatic carbocycles. The van der Waals surface area contributed by atoms with Gasteiger partial charge in [-0.2, -0.15) is 0 Å². The molecule has 0 saturated heterocycles. The van der Waals surface area contributed by atoms with Gasteiger partial charge < -0.3 is 5.11 Å². The third kappa shape index (κ3) is 3.94. The smallest absolute Gasteiger partial charge is 0.261 e. The number of hydrogen-bond acceptors (Lipinski definition) is 5. The van der Waals surface area contributed by atoms with E-state index in [1.165, 1.54) is 30.3 Å². The Hall–Kier alpha value is -3.36. The number of aromatic hydroxyl groups is 1. The minimum atomic E-state index is -4.11. The lowest BCUT2D eigenvalue weighted by Gasteiger charge is -2.15. The normalized spacial score (nSPS) is 12.1. The Morgan fingerprint density at radius 2 is 1.19 bits per heavy atom. The van der Waals surface area contributed by atoms with Gasteiger partial charge in [-0.3, -0.25) is 4.72 Å². The number of sulfonamides is 1. The van der Waals surface area contributed by atoms with Crippen molar-refractivity contribution in [3.8, 4) is 5.75 Å². The van der Waals surface area contributed by atoms with Crippen LogP contribution in [-0.4, -0.2) is 21.9 Å². The zero-order valence-electron chi connectivity index (χ0n) is 17.4. The van der Waals surface area contributed by atoms with Crippen LogP contribution in [0.25, 0.3) is 10.8 Å². The van der Waals surface area contributed by atoms with Crippen molar-refractivity contribution in [2.24, 2.45) is 0 Å². The van der Waals surface area contributed by atoms with Crippen LogP contribution < -0.4 is 4.72 Å². The molecule has 4 rings (SSSR count). The first-order chi connectivity index (χ1) is 15.1. The van der Waals surface area contributed by atoms with Crippen molar-refractivity contribution in [1.82, 2.24) is 0 Å². The van der Waals surface area contributed by atoms with Crippen LogP contribution in [0.3, 0.4) is 0 Å². The molecule has 0 fully saturated rings. The predicted octanol–water partition coefficient (Wildman–Crippen LogP) is 4.80. The number of fused-ring (bicyclic) bond motifs is 1. The molecule has 0 spiro atoms. The summed E-state index contributed by atoms with van der Waals surface area (Å²) >= 11 is 0. The quantitative estimate of drug-likeness (QED) is 0.411. The molecule has 0 aliphatic heterocycles. The molecule has 0 saturated carbocycles. The number of sulfone groups is 1. The molecule has 8 heteroatoms. The topological polar surface area (TPSA) is 101 Å². The fourth-order valence-electron chi connectivity index (χ4n) is 3.39. The predicted molar refractivity (Wildman–Crippen MR) is 124 cm³/mol. The van der Waals surface area contributed by atoms with Gasteiger partial charge in [0.2, 0.25) is 9.84 Å². The van der Waals surface area contributed by atoms with E-state index in [-0.39, 0.29) is 25.8 Å². The van der Waals surface area contributed by atoms with Gasteiger partial charge in [0.15, 0.2) is 0 Å². The lowest BCUT2D eigenvalue weighted by molar-refractivity contribution is 0.465. The van der Waals surface area contributed by atoms with Crippen molar-refractivity contribution in [2.75, 3.05) is 4.72 Å². The first-order valence-electron chi connectivity index (χ1n) is 9.75.